The molecule has 1 N–H and O–H groups in total. The Bertz CT molecular complexity index is 344. The van der Waals surface area contributed by atoms with E-state index in [1.165, 1.54) is 0 Å². The van der Waals surface area contributed by atoms with Gasteiger partial charge in [0.2, 0.25) is 0 Å². The minimum Gasteiger partial charge on any atom is -0.496 e. The molecule has 1 rings (SSSR count). The highest BCUT2D eigenvalue weighted by Crippen LogP contribution is 2.22. The van der Waals surface area contributed by atoms with E-state index in [0.717, 1.165) is 42.3 Å². The van der Waals surface area contributed by atoms with Gasteiger partial charge in [0.1, 0.15) is 5.75 Å². The first-order valence-electron chi connectivity index (χ1n) is 5.84. The van der Waals surface area contributed by atoms with Gasteiger partial charge in [0.15, 0.2) is 0 Å². The molecule has 0 aliphatic heterocycles. The first-order valence-corrected chi connectivity index (χ1v) is 6.66. The van der Waals surface area contributed by atoms with Crippen molar-refractivity contribution < 1.29 is 4.74 Å². The van der Waals surface area contributed by atoms with Crippen molar-refractivity contribution in [1.82, 2.24) is 5.32 Å². The van der Waals surface area contributed by atoms with E-state index in [1.54, 1.807) is 7.11 Å². The Balaban J connectivity index is 2.48. The van der Waals surface area contributed by atoms with E-state index in [4.69, 9.17) is 27.9 Å². The summed E-state index contributed by atoms with van der Waals surface area (Å²) in [5, 5.41) is 4.22. The van der Waals surface area contributed by atoms with Gasteiger partial charge in [0.05, 0.1) is 7.11 Å². The Morgan fingerprint density at radius 2 is 2.18 bits per heavy atom. The monoisotopic (exact) mass is 275 g/mol. The Kier molecular flexibility index (Phi) is 6.71. The average Bonchev–Trinajstić information content (AvgIpc) is 2.30. The van der Waals surface area contributed by atoms with Crippen LogP contribution in [-0.2, 0) is 6.54 Å². The fourth-order valence-corrected chi connectivity index (χ4v) is 2.19. The third-order valence-corrected chi connectivity index (χ3v) is 3.13. The summed E-state index contributed by atoms with van der Waals surface area (Å²) in [4.78, 5) is 0. The number of hydrogen-bond acceptors (Lipinski definition) is 2. The van der Waals surface area contributed by atoms with Crippen molar-refractivity contribution in [2.45, 2.75) is 31.7 Å². The molecule has 0 aromatic heterocycles. The highest BCUT2D eigenvalue weighted by atomic mass is 35.5. The first kappa shape index (κ1) is 14.6. The van der Waals surface area contributed by atoms with Crippen LogP contribution in [-0.4, -0.2) is 19.0 Å². The molecule has 1 unspecified atom stereocenters. The summed E-state index contributed by atoms with van der Waals surface area (Å²) in [5.74, 6) is 0.850. The van der Waals surface area contributed by atoms with E-state index >= 15 is 0 Å². The largest absolute Gasteiger partial charge is 0.496 e. The lowest BCUT2D eigenvalue weighted by Gasteiger charge is -2.12. The number of alkyl halides is 1. The van der Waals surface area contributed by atoms with Crippen LogP contribution in [0.15, 0.2) is 18.2 Å². The minimum absolute atomic E-state index is 0.185. The van der Waals surface area contributed by atoms with Crippen LogP contribution in [0.1, 0.15) is 25.3 Å². The van der Waals surface area contributed by atoms with E-state index in [-0.39, 0.29) is 5.38 Å². The number of ether oxygens (including phenoxy) is 1. The molecule has 0 heterocycles. The molecule has 0 bridgehead atoms. The molecule has 0 fully saturated rings. The van der Waals surface area contributed by atoms with Gasteiger partial charge in [-0.1, -0.05) is 24.9 Å². The third-order valence-electron chi connectivity index (χ3n) is 2.53. The van der Waals surface area contributed by atoms with Gasteiger partial charge in [0, 0.05) is 29.1 Å². The van der Waals surface area contributed by atoms with Crippen LogP contribution in [0, 0.1) is 0 Å². The second-order valence-corrected chi connectivity index (χ2v) is 5.03. The lowest BCUT2D eigenvalue weighted by molar-refractivity contribution is 0.407. The van der Waals surface area contributed by atoms with Gasteiger partial charge in [-0.25, -0.2) is 0 Å². The van der Waals surface area contributed by atoms with Crippen LogP contribution in [0.2, 0.25) is 5.02 Å². The van der Waals surface area contributed by atoms with Gasteiger partial charge in [-0.15, -0.1) is 11.6 Å². The summed E-state index contributed by atoms with van der Waals surface area (Å²) in [6.45, 7) is 3.65. The highest BCUT2D eigenvalue weighted by molar-refractivity contribution is 6.30. The number of benzene rings is 1. The van der Waals surface area contributed by atoms with Crippen LogP contribution in [0.5, 0.6) is 5.75 Å². The highest BCUT2D eigenvalue weighted by Gasteiger charge is 2.06. The maximum Gasteiger partial charge on any atom is 0.123 e. The topological polar surface area (TPSA) is 21.3 Å². The number of halogens is 2. The van der Waals surface area contributed by atoms with Crippen molar-refractivity contribution >= 4 is 23.2 Å². The number of nitrogens with one attached hydrogen (secondary N) is 1. The summed E-state index contributed by atoms with van der Waals surface area (Å²) in [6.07, 6.45) is 2.14. The average molecular weight is 276 g/mol. The van der Waals surface area contributed by atoms with E-state index in [1.807, 2.05) is 18.2 Å². The predicted octanol–water partition coefficient (Wildman–Crippen LogP) is 3.85. The van der Waals surface area contributed by atoms with Crippen molar-refractivity contribution in [3.63, 3.8) is 0 Å². The predicted molar refractivity (Wildman–Crippen MR) is 74.3 cm³/mol. The zero-order valence-electron chi connectivity index (χ0n) is 10.3. The second-order valence-electron chi connectivity index (χ2n) is 3.97. The van der Waals surface area contributed by atoms with Crippen molar-refractivity contribution in [1.29, 1.82) is 0 Å². The van der Waals surface area contributed by atoms with Crippen molar-refractivity contribution in [2.24, 2.45) is 0 Å². The first-order chi connectivity index (χ1) is 8.17. The molecule has 0 aliphatic carbocycles. The summed E-state index contributed by atoms with van der Waals surface area (Å²) in [6, 6.07) is 5.62. The molecule has 4 heteroatoms. The Morgan fingerprint density at radius 3 is 2.82 bits per heavy atom. The SMILES string of the molecule is CCCC(Cl)CNCc1cc(Cl)ccc1OC. The van der Waals surface area contributed by atoms with E-state index in [2.05, 4.69) is 12.2 Å². The van der Waals surface area contributed by atoms with Gasteiger partial charge >= 0.3 is 0 Å². The van der Waals surface area contributed by atoms with Gasteiger partial charge in [0.25, 0.3) is 0 Å². The van der Waals surface area contributed by atoms with Crippen LogP contribution in [0.4, 0.5) is 0 Å². The molecule has 0 saturated carbocycles. The number of methoxy groups -OCH3 is 1. The van der Waals surface area contributed by atoms with Crippen molar-refractivity contribution in [2.75, 3.05) is 13.7 Å². The maximum atomic E-state index is 6.13. The molecule has 1 atom stereocenters. The Hall–Kier alpha value is -0.440. The van der Waals surface area contributed by atoms with Crippen LogP contribution < -0.4 is 10.1 Å². The smallest absolute Gasteiger partial charge is 0.123 e. The van der Waals surface area contributed by atoms with Crippen LogP contribution in [0.3, 0.4) is 0 Å². The Labute approximate surface area is 113 Å². The molecular weight excluding hydrogens is 257 g/mol. The van der Waals surface area contributed by atoms with E-state index < -0.39 is 0 Å². The van der Waals surface area contributed by atoms with Gasteiger partial charge in [-0.05, 0) is 24.6 Å². The molecule has 1 aromatic carbocycles. The number of hydrogen-bond donors (Lipinski definition) is 1. The zero-order chi connectivity index (χ0) is 12.7. The fraction of sp³-hybridized carbons (Fsp3) is 0.538. The lowest BCUT2D eigenvalue weighted by Crippen LogP contribution is -2.23. The molecule has 96 valence electrons. The van der Waals surface area contributed by atoms with Crippen molar-refractivity contribution in [3.8, 4) is 5.75 Å². The normalized spacial score (nSPS) is 12.5. The maximum absolute atomic E-state index is 6.13. The zero-order valence-corrected chi connectivity index (χ0v) is 11.8. The van der Waals surface area contributed by atoms with Crippen LogP contribution in [0.25, 0.3) is 0 Å². The minimum atomic E-state index is 0.185. The number of rotatable bonds is 7. The van der Waals surface area contributed by atoms with Crippen molar-refractivity contribution in [3.05, 3.63) is 28.8 Å². The molecule has 0 amide bonds. The molecule has 0 radical (unpaired) electrons. The summed E-state index contributed by atoms with van der Waals surface area (Å²) < 4.78 is 5.27. The third kappa shape index (κ3) is 5.15. The summed E-state index contributed by atoms with van der Waals surface area (Å²) in [7, 11) is 1.66. The molecule has 1 aromatic rings. The fourth-order valence-electron chi connectivity index (χ4n) is 1.66. The molecule has 0 saturated heterocycles. The van der Waals surface area contributed by atoms with E-state index in [9.17, 15) is 0 Å². The van der Waals surface area contributed by atoms with Crippen LogP contribution >= 0.6 is 23.2 Å². The van der Waals surface area contributed by atoms with Gasteiger partial charge in [-0.3, -0.25) is 0 Å². The summed E-state index contributed by atoms with van der Waals surface area (Å²) in [5.41, 5.74) is 1.06. The van der Waals surface area contributed by atoms with E-state index in [0.29, 0.717) is 0 Å². The Morgan fingerprint density at radius 1 is 1.41 bits per heavy atom. The molecular formula is C13H19Cl2NO. The van der Waals surface area contributed by atoms with Gasteiger partial charge < -0.3 is 10.1 Å². The second kappa shape index (κ2) is 7.80. The standard InChI is InChI=1S/C13H19Cl2NO/c1-3-4-12(15)9-16-8-10-7-11(14)5-6-13(10)17-2/h5-7,12,16H,3-4,8-9H2,1-2H3. The van der Waals surface area contributed by atoms with Gasteiger partial charge in [-0.2, -0.15) is 0 Å². The molecule has 17 heavy (non-hydrogen) atoms. The molecule has 0 aliphatic rings. The molecule has 2 nitrogen and oxygen atoms in total. The quantitative estimate of drug-likeness (QED) is 0.764. The summed E-state index contributed by atoms with van der Waals surface area (Å²) >= 11 is 12.1. The lowest BCUT2D eigenvalue weighted by atomic mass is 10.2. The molecule has 0 spiro atoms.